The Balaban J connectivity index is 1.63. The van der Waals surface area contributed by atoms with Crippen LogP contribution in [-0.2, 0) is 23.8 Å². The minimum Gasteiger partial charge on any atom is -0.462 e. The van der Waals surface area contributed by atoms with Crippen LogP contribution in [0.5, 0.6) is 0 Å². The van der Waals surface area contributed by atoms with E-state index >= 15 is 0 Å². The average molecular weight is 573 g/mol. The number of non-ortho nitro benzene ring substituents is 2. The lowest BCUT2D eigenvalue weighted by molar-refractivity contribution is -0.385. The first-order valence-electron chi connectivity index (χ1n) is 11.8. The van der Waals surface area contributed by atoms with Crippen molar-refractivity contribution in [1.29, 1.82) is 0 Å². The molecule has 0 aliphatic rings. The van der Waals surface area contributed by atoms with Crippen molar-refractivity contribution < 1.29 is 41.5 Å². The van der Waals surface area contributed by atoms with Crippen LogP contribution < -0.4 is 0 Å². The van der Waals surface area contributed by atoms with E-state index < -0.39 is 44.6 Å². The lowest BCUT2D eigenvalue weighted by Gasteiger charge is -2.18. The van der Waals surface area contributed by atoms with Crippen LogP contribution in [0, 0.1) is 27.2 Å². The average Bonchev–Trinajstić information content (AvgIpc) is 2.94. The molecule has 13 nitrogen and oxygen atoms in total. The maximum absolute atomic E-state index is 12.6. The Bertz CT molecular complexity index is 1470. The highest BCUT2D eigenvalue weighted by Crippen LogP contribution is 2.18. The third-order valence-electron chi connectivity index (χ3n) is 5.52. The van der Waals surface area contributed by atoms with Crippen molar-refractivity contribution >= 4 is 33.4 Å². The van der Waals surface area contributed by atoms with Crippen molar-refractivity contribution in [2.45, 2.75) is 30.8 Å². The molecular formula is C26H24N2O11S. The SMILES string of the molecule is Cc1ccc(S(=O)(=O)OC[C@@H](CCCOC(=O)c2ccc([N+](=O)[O-])cc2)OC(=O)c2ccc([N+](=O)[O-])cc2)cc1. The number of hydrogen-bond acceptors (Lipinski definition) is 11. The molecule has 0 aliphatic carbocycles. The van der Waals surface area contributed by atoms with E-state index in [0.717, 1.165) is 29.8 Å². The third-order valence-corrected chi connectivity index (χ3v) is 6.82. The molecule has 210 valence electrons. The summed E-state index contributed by atoms with van der Waals surface area (Å²) in [4.78, 5) is 45.1. The molecule has 0 unspecified atom stereocenters. The van der Waals surface area contributed by atoms with Gasteiger partial charge in [-0.1, -0.05) is 17.7 Å². The van der Waals surface area contributed by atoms with Crippen molar-refractivity contribution in [3.05, 3.63) is 110 Å². The minimum atomic E-state index is -4.18. The molecule has 0 saturated heterocycles. The lowest BCUT2D eigenvalue weighted by atomic mass is 10.2. The first-order valence-corrected chi connectivity index (χ1v) is 13.2. The molecule has 0 spiro atoms. The number of nitro groups is 2. The van der Waals surface area contributed by atoms with E-state index in [2.05, 4.69) is 0 Å². The van der Waals surface area contributed by atoms with Crippen LogP contribution in [0.1, 0.15) is 39.1 Å². The summed E-state index contributed by atoms with van der Waals surface area (Å²) in [6, 6.07) is 15.4. The van der Waals surface area contributed by atoms with Crippen molar-refractivity contribution in [2.24, 2.45) is 0 Å². The van der Waals surface area contributed by atoms with Gasteiger partial charge in [0.2, 0.25) is 0 Å². The van der Waals surface area contributed by atoms with Crippen LogP contribution in [0.3, 0.4) is 0 Å². The van der Waals surface area contributed by atoms with E-state index in [0.29, 0.717) is 0 Å². The normalized spacial score (nSPS) is 11.8. The number of benzene rings is 3. The van der Waals surface area contributed by atoms with Gasteiger partial charge in [-0.15, -0.1) is 0 Å². The summed E-state index contributed by atoms with van der Waals surface area (Å²) in [5, 5.41) is 21.6. The van der Waals surface area contributed by atoms with Crippen LogP contribution in [0.2, 0.25) is 0 Å². The number of esters is 2. The molecule has 0 fully saturated rings. The van der Waals surface area contributed by atoms with Gasteiger partial charge >= 0.3 is 11.9 Å². The number of carbonyl (C=O) groups is 2. The number of nitrogens with zero attached hydrogens (tertiary/aromatic N) is 2. The second-order valence-electron chi connectivity index (χ2n) is 8.47. The van der Waals surface area contributed by atoms with Gasteiger partial charge < -0.3 is 9.47 Å². The molecule has 3 rings (SSSR count). The number of ether oxygens (including phenoxy) is 2. The zero-order valence-electron chi connectivity index (χ0n) is 21.1. The molecular weight excluding hydrogens is 548 g/mol. The van der Waals surface area contributed by atoms with Crippen LogP contribution in [-0.4, -0.2) is 49.5 Å². The molecule has 0 saturated carbocycles. The Morgan fingerprint density at radius 2 is 1.30 bits per heavy atom. The lowest BCUT2D eigenvalue weighted by Crippen LogP contribution is -2.26. The Labute approximate surface area is 228 Å². The van der Waals surface area contributed by atoms with Gasteiger partial charge in [-0.05, 0) is 56.2 Å². The fourth-order valence-corrected chi connectivity index (χ4v) is 4.27. The van der Waals surface area contributed by atoms with Gasteiger partial charge in [0, 0.05) is 24.3 Å². The summed E-state index contributed by atoms with van der Waals surface area (Å²) < 4.78 is 40.9. The fourth-order valence-electron chi connectivity index (χ4n) is 3.33. The smallest absolute Gasteiger partial charge is 0.338 e. The van der Waals surface area contributed by atoms with Gasteiger partial charge in [-0.25, -0.2) is 9.59 Å². The molecule has 1 atom stereocenters. The van der Waals surface area contributed by atoms with E-state index in [1.165, 1.54) is 36.4 Å². The van der Waals surface area contributed by atoms with Crippen molar-refractivity contribution in [2.75, 3.05) is 13.2 Å². The number of carbonyl (C=O) groups excluding carboxylic acids is 2. The number of rotatable bonds is 13. The third kappa shape index (κ3) is 8.41. The summed E-state index contributed by atoms with van der Waals surface area (Å²) >= 11 is 0. The second-order valence-corrected chi connectivity index (χ2v) is 10.1. The molecule has 40 heavy (non-hydrogen) atoms. The molecule has 0 aliphatic heterocycles. The predicted octanol–water partition coefficient (Wildman–Crippen LogP) is 4.38. The summed E-state index contributed by atoms with van der Waals surface area (Å²) in [5.74, 6) is -1.59. The van der Waals surface area contributed by atoms with E-state index in [9.17, 15) is 38.2 Å². The Morgan fingerprint density at radius 3 is 1.80 bits per heavy atom. The summed E-state index contributed by atoms with van der Waals surface area (Å²) in [5.41, 5.74) is 0.531. The van der Waals surface area contributed by atoms with Crippen LogP contribution in [0.4, 0.5) is 11.4 Å². The summed E-state index contributed by atoms with van der Waals surface area (Å²) in [6.45, 7) is 1.12. The topological polar surface area (TPSA) is 182 Å². The fraction of sp³-hybridized carbons (Fsp3) is 0.231. The summed E-state index contributed by atoms with van der Waals surface area (Å²) in [6.07, 6.45) is -0.901. The van der Waals surface area contributed by atoms with Gasteiger partial charge in [-0.2, -0.15) is 8.42 Å². The van der Waals surface area contributed by atoms with E-state index in [4.69, 9.17) is 13.7 Å². The maximum atomic E-state index is 12.6. The molecule has 0 N–H and O–H groups in total. The van der Waals surface area contributed by atoms with Crippen LogP contribution in [0.15, 0.2) is 77.7 Å². The van der Waals surface area contributed by atoms with Crippen LogP contribution in [0.25, 0.3) is 0 Å². The van der Waals surface area contributed by atoms with E-state index in [1.54, 1.807) is 19.1 Å². The molecule has 0 heterocycles. The highest BCUT2D eigenvalue weighted by molar-refractivity contribution is 7.86. The van der Waals surface area contributed by atoms with Gasteiger partial charge in [0.25, 0.3) is 21.5 Å². The van der Waals surface area contributed by atoms with Crippen molar-refractivity contribution in [3.63, 3.8) is 0 Å². The molecule has 3 aromatic rings. The number of nitro benzene ring substituents is 2. The Kier molecular flexibility index (Phi) is 10.00. The molecule has 0 bridgehead atoms. The van der Waals surface area contributed by atoms with Gasteiger partial charge in [-0.3, -0.25) is 24.4 Å². The number of hydrogen-bond donors (Lipinski definition) is 0. The minimum absolute atomic E-state index is 0.00147. The van der Waals surface area contributed by atoms with Crippen LogP contribution >= 0.6 is 0 Å². The first-order chi connectivity index (χ1) is 19.0. The van der Waals surface area contributed by atoms with Gasteiger partial charge in [0.1, 0.15) is 12.7 Å². The number of aryl methyl sites for hydroxylation is 1. The zero-order valence-corrected chi connectivity index (χ0v) is 21.9. The zero-order chi connectivity index (χ0) is 29.3. The largest absolute Gasteiger partial charge is 0.462 e. The predicted molar refractivity (Wildman–Crippen MR) is 139 cm³/mol. The highest BCUT2D eigenvalue weighted by atomic mass is 32.2. The Hall–Kier alpha value is -4.69. The quantitative estimate of drug-likeness (QED) is 0.0931. The van der Waals surface area contributed by atoms with Gasteiger partial charge in [0.15, 0.2) is 0 Å². The second kappa shape index (κ2) is 13.4. The maximum Gasteiger partial charge on any atom is 0.338 e. The highest BCUT2D eigenvalue weighted by Gasteiger charge is 2.23. The molecule has 0 amide bonds. The molecule has 3 aromatic carbocycles. The van der Waals surface area contributed by atoms with Crippen molar-refractivity contribution in [1.82, 2.24) is 0 Å². The molecule has 0 radical (unpaired) electrons. The monoisotopic (exact) mass is 572 g/mol. The van der Waals surface area contributed by atoms with E-state index in [-0.39, 0.29) is 46.8 Å². The van der Waals surface area contributed by atoms with Crippen molar-refractivity contribution in [3.8, 4) is 0 Å². The summed E-state index contributed by atoms with van der Waals surface area (Å²) in [7, 11) is -4.18. The molecule has 0 aromatic heterocycles. The van der Waals surface area contributed by atoms with Gasteiger partial charge in [0.05, 0.1) is 32.5 Å². The Morgan fingerprint density at radius 1 is 0.800 bits per heavy atom. The molecule has 14 heteroatoms. The van der Waals surface area contributed by atoms with E-state index in [1.807, 2.05) is 0 Å². The first kappa shape index (κ1) is 29.9. The standard InChI is InChI=1S/C26H24N2O11S/c1-18-4-14-24(15-5-18)40(35,36)38-17-23(39-26(30)20-8-12-22(13-9-20)28(33)34)3-2-16-37-25(29)19-6-10-21(11-7-19)27(31)32/h4-15,23H,2-3,16-17H2,1H3/t23-/m1/s1.